The Bertz CT molecular complexity index is 1120. The summed E-state index contributed by atoms with van der Waals surface area (Å²) in [7, 11) is 0. The summed E-state index contributed by atoms with van der Waals surface area (Å²) in [6, 6.07) is 18.6. The molecule has 0 unspecified atom stereocenters. The van der Waals surface area contributed by atoms with Gasteiger partial charge in [0.2, 0.25) is 11.8 Å². The highest BCUT2D eigenvalue weighted by Gasteiger charge is 2.28. The number of amides is 3. The third-order valence-corrected chi connectivity index (χ3v) is 5.16. The highest BCUT2D eigenvalue weighted by atomic mass is 16.5. The number of carbonyl (C=O) groups is 3. The van der Waals surface area contributed by atoms with Crippen molar-refractivity contribution < 1.29 is 19.1 Å². The summed E-state index contributed by atoms with van der Waals surface area (Å²) in [6.07, 6.45) is -0.589. The Morgan fingerprint density at radius 2 is 1.64 bits per heavy atom. The van der Waals surface area contributed by atoms with E-state index in [-0.39, 0.29) is 18.9 Å². The number of para-hydroxylation sites is 1. The number of nitrogens with one attached hydrogen (secondary N) is 2. The zero-order valence-electron chi connectivity index (χ0n) is 18.7. The van der Waals surface area contributed by atoms with E-state index in [1.165, 1.54) is 0 Å². The summed E-state index contributed by atoms with van der Waals surface area (Å²) in [6.45, 7) is 3.65. The average Bonchev–Trinajstić information content (AvgIpc) is 2.81. The summed E-state index contributed by atoms with van der Waals surface area (Å²) in [4.78, 5) is 41.7. The molecular formula is C25H28N4O4. The van der Waals surface area contributed by atoms with Gasteiger partial charge in [-0.05, 0) is 23.6 Å². The van der Waals surface area contributed by atoms with Crippen molar-refractivity contribution in [1.29, 1.82) is 0 Å². The van der Waals surface area contributed by atoms with Crippen LogP contribution in [0.4, 0.5) is 4.79 Å². The molecule has 3 amide bonds. The van der Waals surface area contributed by atoms with E-state index in [0.717, 1.165) is 16.5 Å². The van der Waals surface area contributed by atoms with Crippen LogP contribution < -0.4 is 16.4 Å². The smallest absolute Gasteiger partial charge is 0.408 e. The molecule has 172 valence electrons. The molecule has 2 atom stereocenters. The zero-order chi connectivity index (χ0) is 23.8. The lowest BCUT2D eigenvalue weighted by Crippen LogP contribution is -2.55. The van der Waals surface area contributed by atoms with Gasteiger partial charge in [0.25, 0.3) is 0 Å². The summed E-state index contributed by atoms with van der Waals surface area (Å²) in [5, 5.41) is 6.20. The number of hydrogen-bond acceptors (Lipinski definition) is 5. The van der Waals surface area contributed by atoms with Crippen LogP contribution in [0.1, 0.15) is 25.1 Å². The summed E-state index contributed by atoms with van der Waals surface area (Å²) >= 11 is 0. The molecule has 0 aliphatic heterocycles. The van der Waals surface area contributed by atoms with E-state index in [1.807, 2.05) is 60.7 Å². The molecule has 33 heavy (non-hydrogen) atoms. The molecule has 0 spiro atoms. The van der Waals surface area contributed by atoms with Gasteiger partial charge in [0.1, 0.15) is 18.7 Å². The summed E-state index contributed by atoms with van der Waals surface area (Å²) in [5.74, 6) is -1.46. The summed E-state index contributed by atoms with van der Waals surface area (Å²) in [5.41, 5.74) is 7.77. The van der Waals surface area contributed by atoms with Crippen molar-refractivity contribution >= 4 is 28.8 Å². The molecule has 1 aromatic heterocycles. The molecule has 2 aromatic carbocycles. The number of alkyl carbamates (subject to hydrolysis) is 1. The minimum absolute atomic E-state index is 0.0800. The normalized spacial score (nSPS) is 12.7. The maximum absolute atomic E-state index is 12.9. The fraction of sp³-hybridized carbons (Fsp3) is 0.280. The third kappa shape index (κ3) is 6.77. The second kappa shape index (κ2) is 11.1. The molecule has 0 bridgehead atoms. The second-order valence-corrected chi connectivity index (χ2v) is 8.09. The first-order valence-corrected chi connectivity index (χ1v) is 10.7. The van der Waals surface area contributed by atoms with Gasteiger partial charge in [0, 0.05) is 17.5 Å². The van der Waals surface area contributed by atoms with Gasteiger partial charge in [-0.25, -0.2) is 4.79 Å². The molecule has 0 saturated heterocycles. The summed E-state index contributed by atoms with van der Waals surface area (Å²) < 4.78 is 5.22. The molecule has 0 aliphatic carbocycles. The van der Waals surface area contributed by atoms with Crippen LogP contribution in [-0.2, 0) is 27.4 Å². The Hall–Kier alpha value is -3.94. The lowest BCUT2D eigenvalue weighted by atomic mass is 10.0. The van der Waals surface area contributed by atoms with Crippen LogP contribution >= 0.6 is 0 Å². The fourth-order valence-electron chi connectivity index (χ4n) is 3.34. The maximum atomic E-state index is 12.9. The van der Waals surface area contributed by atoms with Crippen LogP contribution in [0.3, 0.4) is 0 Å². The van der Waals surface area contributed by atoms with Crippen molar-refractivity contribution in [1.82, 2.24) is 15.6 Å². The van der Waals surface area contributed by atoms with E-state index >= 15 is 0 Å². The SMILES string of the molecule is CC(C)[C@@H](NC(=O)OCc1ccccc1)C(=O)N[C@@H](Cc1ccc2ccccc2n1)C(N)=O. The number of primary amides is 1. The monoisotopic (exact) mass is 448 g/mol. The van der Waals surface area contributed by atoms with Crippen molar-refractivity contribution in [3.63, 3.8) is 0 Å². The Morgan fingerprint density at radius 1 is 0.939 bits per heavy atom. The van der Waals surface area contributed by atoms with Crippen molar-refractivity contribution in [3.8, 4) is 0 Å². The van der Waals surface area contributed by atoms with Crippen molar-refractivity contribution in [2.24, 2.45) is 11.7 Å². The van der Waals surface area contributed by atoms with Crippen LogP contribution in [0.15, 0.2) is 66.7 Å². The van der Waals surface area contributed by atoms with Crippen LogP contribution in [0.5, 0.6) is 0 Å². The van der Waals surface area contributed by atoms with Crippen molar-refractivity contribution in [3.05, 3.63) is 78.0 Å². The van der Waals surface area contributed by atoms with Gasteiger partial charge in [-0.3, -0.25) is 14.6 Å². The fourth-order valence-corrected chi connectivity index (χ4v) is 3.34. The number of benzene rings is 2. The van der Waals surface area contributed by atoms with Gasteiger partial charge in [-0.2, -0.15) is 0 Å². The number of fused-ring (bicyclic) bond motifs is 1. The molecule has 0 radical (unpaired) electrons. The van der Waals surface area contributed by atoms with Gasteiger partial charge in [0.15, 0.2) is 0 Å². The van der Waals surface area contributed by atoms with Gasteiger partial charge in [-0.1, -0.05) is 68.4 Å². The topological polar surface area (TPSA) is 123 Å². The highest BCUT2D eigenvalue weighted by molar-refractivity contribution is 5.91. The van der Waals surface area contributed by atoms with E-state index < -0.39 is 30.0 Å². The Morgan fingerprint density at radius 3 is 2.33 bits per heavy atom. The lowest BCUT2D eigenvalue weighted by Gasteiger charge is -2.24. The van der Waals surface area contributed by atoms with Gasteiger partial charge >= 0.3 is 6.09 Å². The number of nitrogens with two attached hydrogens (primary N) is 1. The molecule has 8 heteroatoms. The van der Waals surface area contributed by atoms with Crippen LogP contribution in [-0.4, -0.2) is 35.0 Å². The number of aromatic nitrogens is 1. The van der Waals surface area contributed by atoms with E-state index in [1.54, 1.807) is 19.9 Å². The number of carbonyl (C=O) groups excluding carboxylic acids is 3. The number of pyridine rings is 1. The standard InChI is InChI=1S/C25H28N4O4/c1-16(2)22(29-25(32)33-15-17-8-4-3-5-9-17)24(31)28-21(23(26)30)14-19-13-12-18-10-6-7-11-20(18)27-19/h3-13,16,21-22H,14-15H2,1-2H3,(H2,26,30)(H,28,31)(H,29,32)/t21-,22+/m0/s1. The maximum Gasteiger partial charge on any atom is 0.408 e. The van der Waals surface area contributed by atoms with Gasteiger partial charge in [0.05, 0.1) is 5.52 Å². The lowest BCUT2D eigenvalue weighted by molar-refractivity contribution is -0.129. The Balaban J connectivity index is 1.63. The second-order valence-electron chi connectivity index (χ2n) is 8.09. The molecule has 3 aromatic rings. The van der Waals surface area contributed by atoms with Crippen molar-refractivity contribution in [2.75, 3.05) is 0 Å². The van der Waals surface area contributed by atoms with E-state index in [4.69, 9.17) is 10.5 Å². The molecule has 1 heterocycles. The average molecular weight is 449 g/mol. The van der Waals surface area contributed by atoms with Crippen LogP contribution in [0.2, 0.25) is 0 Å². The quantitative estimate of drug-likeness (QED) is 0.464. The number of hydrogen-bond donors (Lipinski definition) is 3. The van der Waals surface area contributed by atoms with E-state index in [2.05, 4.69) is 15.6 Å². The number of nitrogens with zero attached hydrogens (tertiary/aromatic N) is 1. The Labute approximate surface area is 192 Å². The molecule has 3 rings (SSSR count). The van der Waals surface area contributed by atoms with Crippen LogP contribution in [0, 0.1) is 5.92 Å². The van der Waals surface area contributed by atoms with E-state index in [9.17, 15) is 14.4 Å². The molecular weight excluding hydrogens is 420 g/mol. The predicted molar refractivity (Wildman–Crippen MR) is 125 cm³/mol. The molecule has 4 N–H and O–H groups in total. The Kier molecular flexibility index (Phi) is 7.96. The van der Waals surface area contributed by atoms with Crippen molar-refractivity contribution in [2.45, 2.75) is 39.0 Å². The number of ether oxygens (including phenoxy) is 1. The van der Waals surface area contributed by atoms with Gasteiger partial charge < -0.3 is 21.1 Å². The number of rotatable bonds is 9. The third-order valence-electron chi connectivity index (χ3n) is 5.16. The first kappa shape index (κ1) is 23.7. The molecule has 8 nitrogen and oxygen atoms in total. The van der Waals surface area contributed by atoms with Crippen LogP contribution in [0.25, 0.3) is 10.9 Å². The minimum Gasteiger partial charge on any atom is -0.445 e. The molecule has 0 aliphatic rings. The highest BCUT2D eigenvalue weighted by Crippen LogP contribution is 2.13. The first-order chi connectivity index (χ1) is 15.8. The molecule has 0 fully saturated rings. The molecule has 0 saturated carbocycles. The van der Waals surface area contributed by atoms with Gasteiger partial charge in [-0.15, -0.1) is 0 Å². The minimum atomic E-state index is -0.977. The van der Waals surface area contributed by atoms with E-state index in [0.29, 0.717) is 5.69 Å². The predicted octanol–water partition coefficient (Wildman–Crippen LogP) is 2.70. The largest absolute Gasteiger partial charge is 0.445 e. The zero-order valence-corrected chi connectivity index (χ0v) is 18.7. The first-order valence-electron chi connectivity index (χ1n) is 10.7.